The molecule has 1 aromatic carbocycles. The predicted octanol–water partition coefficient (Wildman–Crippen LogP) is 0.0912. The monoisotopic (exact) mass is 258 g/mol. The van der Waals surface area contributed by atoms with Crippen LogP contribution in [0.25, 0.3) is 0 Å². The van der Waals surface area contributed by atoms with Crippen molar-refractivity contribution in [2.45, 2.75) is 12.2 Å². The van der Waals surface area contributed by atoms with E-state index in [0.29, 0.717) is 6.07 Å². The van der Waals surface area contributed by atoms with Gasteiger partial charge in [-0.25, -0.2) is 14.0 Å². The van der Waals surface area contributed by atoms with Gasteiger partial charge in [0, 0.05) is 0 Å². The minimum Gasteiger partial charge on any atom is -0.478 e. The molecule has 1 aromatic rings. The van der Waals surface area contributed by atoms with E-state index < -0.39 is 35.5 Å². The molecular formula is C11H11FO6. The van der Waals surface area contributed by atoms with Gasteiger partial charge in [-0.3, -0.25) is 0 Å². The van der Waals surface area contributed by atoms with Crippen LogP contribution in [-0.2, 0) is 9.53 Å². The normalized spacial score (nSPS) is 13.8. The van der Waals surface area contributed by atoms with Crippen molar-refractivity contribution in [1.29, 1.82) is 0 Å². The molecule has 0 aliphatic carbocycles. The highest BCUT2D eigenvalue weighted by Gasteiger charge is 2.29. The summed E-state index contributed by atoms with van der Waals surface area (Å²) in [6.45, 7) is 0. The molecule has 98 valence electrons. The van der Waals surface area contributed by atoms with Crippen molar-refractivity contribution in [3.63, 3.8) is 0 Å². The molecular weight excluding hydrogens is 247 g/mol. The number of halogens is 1. The summed E-state index contributed by atoms with van der Waals surface area (Å²) in [5.41, 5.74) is -0.813. The second-order valence-corrected chi connectivity index (χ2v) is 3.45. The molecule has 0 fully saturated rings. The van der Waals surface area contributed by atoms with E-state index in [2.05, 4.69) is 4.74 Å². The lowest BCUT2D eigenvalue weighted by Gasteiger charge is -2.17. The average molecular weight is 258 g/mol. The van der Waals surface area contributed by atoms with Gasteiger partial charge in [-0.2, -0.15) is 0 Å². The summed E-state index contributed by atoms with van der Waals surface area (Å²) in [5, 5.41) is 27.9. The van der Waals surface area contributed by atoms with Crippen LogP contribution in [0.4, 0.5) is 4.39 Å². The molecule has 18 heavy (non-hydrogen) atoms. The summed E-state index contributed by atoms with van der Waals surface area (Å²) >= 11 is 0. The lowest BCUT2D eigenvalue weighted by molar-refractivity contribution is -0.156. The van der Waals surface area contributed by atoms with Crippen LogP contribution in [-0.4, -0.2) is 40.5 Å². The smallest absolute Gasteiger partial charge is 0.337 e. The van der Waals surface area contributed by atoms with Gasteiger partial charge in [-0.15, -0.1) is 0 Å². The quantitative estimate of drug-likeness (QED) is 0.661. The molecule has 0 saturated carbocycles. The summed E-state index contributed by atoms with van der Waals surface area (Å²) in [5.74, 6) is -3.42. The van der Waals surface area contributed by atoms with Crippen LogP contribution in [0, 0.1) is 5.82 Å². The van der Waals surface area contributed by atoms with Crippen LogP contribution in [0.1, 0.15) is 22.0 Å². The Hall–Kier alpha value is -1.99. The van der Waals surface area contributed by atoms with E-state index in [-0.39, 0.29) is 5.56 Å². The molecule has 1 rings (SSSR count). The molecule has 0 radical (unpaired) electrons. The maximum absolute atomic E-state index is 12.9. The number of carbonyl (C=O) groups is 2. The van der Waals surface area contributed by atoms with Crippen molar-refractivity contribution in [3.8, 4) is 0 Å². The number of rotatable bonds is 4. The number of hydrogen-bond donors (Lipinski definition) is 3. The number of ether oxygens (including phenoxy) is 1. The zero-order chi connectivity index (χ0) is 13.9. The summed E-state index contributed by atoms with van der Waals surface area (Å²) < 4.78 is 17.1. The Balaban J connectivity index is 3.16. The van der Waals surface area contributed by atoms with Crippen molar-refractivity contribution in [2.75, 3.05) is 7.11 Å². The van der Waals surface area contributed by atoms with Gasteiger partial charge < -0.3 is 20.1 Å². The fourth-order valence-corrected chi connectivity index (χ4v) is 1.39. The van der Waals surface area contributed by atoms with E-state index in [4.69, 9.17) is 5.11 Å². The molecule has 0 aromatic heterocycles. The molecule has 2 atom stereocenters. The first-order valence-electron chi connectivity index (χ1n) is 4.85. The third kappa shape index (κ3) is 2.82. The third-order valence-electron chi connectivity index (χ3n) is 2.31. The molecule has 0 bridgehead atoms. The van der Waals surface area contributed by atoms with Crippen molar-refractivity contribution >= 4 is 11.9 Å². The van der Waals surface area contributed by atoms with Crippen LogP contribution in [0.2, 0.25) is 0 Å². The number of aliphatic hydroxyl groups is 2. The van der Waals surface area contributed by atoms with Crippen molar-refractivity contribution in [2.24, 2.45) is 0 Å². The number of aromatic carboxylic acids is 1. The first-order valence-corrected chi connectivity index (χ1v) is 4.85. The Morgan fingerprint density at radius 2 is 1.94 bits per heavy atom. The van der Waals surface area contributed by atoms with E-state index in [9.17, 15) is 24.2 Å². The van der Waals surface area contributed by atoms with Crippen LogP contribution in [0.15, 0.2) is 18.2 Å². The Morgan fingerprint density at radius 1 is 1.33 bits per heavy atom. The van der Waals surface area contributed by atoms with Gasteiger partial charge in [0.2, 0.25) is 0 Å². The lowest BCUT2D eigenvalue weighted by Crippen LogP contribution is -2.30. The Labute approximate surface area is 101 Å². The van der Waals surface area contributed by atoms with Crippen molar-refractivity contribution in [1.82, 2.24) is 0 Å². The fraction of sp³-hybridized carbons (Fsp3) is 0.273. The Morgan fingerprint density at radius 3 is 2.44 bits per heavy atom. The van der Waals surface area contributed by atoms with Crippen molar-refractivity contribution in [3.05, 3.63) is 35.1 Å². The summed E-state index contributed by atoms with van der Waals surface area (Å²) in [6.07, 6.45) is -3.76. The van der Waals surface area contributed by atoms with Gasteiger partial charge >= 0.3 is 11.9 Å². The number of esters is 1. The Kier molecular flexibility index (Phi) is 4.35. The largest absolute Gasteiger partial charge is 0.478 e. The van der Waals surface area contributed by atoms with Gasteiger partial charge in [-0.1, -0.05) is 6.07 Å². The highest BCUT2D eigenvalue weighted by atomic mass is 19.1. The number of carboxylic acids is 1. The molecule has 0 spiro atoms. The number of aliphatic hydroxyl groups excluding tert-OH is 2. The van der Waals surface area contributed by atoms with Gasteiger partial charge in [0.05, 0.1) is 12.7 Å². The van der Waals surface area contributed by atoms with Crippen LogP contribution >= 0.6 is 0 Å². The van der Waals surface area contributed by atoms with E-state index >= 15 is 0 Å². The minimum atomic E-state index is -1.95. The predicted molar refractivity (Wildman–Crippen MR) is 56.3 cm³/mol. The van der Waals surface area contributed by atoms with Gasteiger partial charge in [0.1, 0.15) is 11.9 Å². The van der Waals surface area contributed by atoms with E-state index in [0.717, 1.165) is 19.2 Å². The average Bonchev–Trinajstić information content (AvgIpc) is 2.35. The molecule has 6 nitrogen and oxygen atoms in total. The van der Waals surface area contributed by atoms with Gasteiger partial charge in [-0.05, 0) is 17.7 Å². The third-order valence-corrected chi connectivity index (χ3v) is 2.31. The van der Waals surface area contributed by atoms with Crippen LogP contribution in [0.3, 0.4) is 0 Å². The van der Waals surface area contributed by atoms with Crippen LogP contribution < -0.4 is 0 Å². The second-order valence-electron chi connectivity index (χ2n) is 3.45. The van der Waals surface area contributed by atoms with Gasteiger partial charge in [0.25, 0.3) is 0 Å². The molecule has 7 heteroatoms. The second kappa shape index (κ2) is 5.56. The summed E-state index contributed by atoms with van der Waals surface area (Å²) in [7, 11) is 1.00. The maximum Gasteiger partial charge on any atom is 0.337 e. The molecule has 0 amide bonds. The van der Waals surface area contributed by atoms with Crippen LogP contribution in [0.5, 0.6) is 0 Å². The molecule has 3 N–H and O–H groups in total. The molecule has 0 aliphatic heterocycles. The summed E-state index contributed by atoms with van der Waals surface area (Å²) in [4.78, 5) is 21.9. The number of carbonyl (C=O) groups excluding carboxylic acids is 1. The summed E-state index contributed by atoms with van der Waals surface area (Å²) in [6, 6.07) is 2.58. The highest BCUT2D eigenvalue weighted by molar-refractivity contribution is 5.90. The topological polar surface area (TPSA) is 104 Å². The SMILES string of the molecule is COC(=O)C(O)C(O)c1ccc(F)cc1C(=O)O. The molecule has 0 saturated heterocycles. The first-order chi connectivity index (χ1) is 8.38. The zero-order valence-electron chi connectivity index (χ0n) is 9.33. The van der Waals surface area contributed by atoms with E-state index in [1.54, 1.807) is 0 Å². The number of hydrogen-bond acceptors (Lipinski definition) is 5. The molecule has 0 aliphatic rings. The number of carboxylic acid groups (broad SMARTS) is 1. The minimum absolute atomic E-state index is 0.276. The molecule has 0 heterocycles. The fourth-order valence-electron chi connectivity index (χ4n) is 1.39. The van der Waals surface area contributed by atoms with E-state index in [1.165, 1.54) is 0 Å². The lowest BCUT2D eigenvalue weighted by atomic mass is 9.98. The Bertz CT molecular complexity index is 473. The van der Waals surface area contributed by atoms with Crippen molar-refractivity contribution < 1.29 is 34.0 Å². The maximum atomic E-state index is 12.9. The van der Waals surface area contributed by atoms with E-state index in [1.807, 2.05) is 0 Å². The number of methoxy groups -OCH3 is 1. The standard InChI is InChI=1S/C11H11FO6/c1-18-11(17)9(14)8(13)6-3-2-5(12)4-7(6)10(15)16/h2-4,8-9,13-14H,1H3,(H,15,16). The highest BCUT2D eigenvalue weighted by Crippen LogP contribution is 2.23. The van der Waals surface area contributed by atoms with Gasteiger partial charge in [0.15, 0.2) is 6.10 Å². The first kappa shape index (κ1) is 14.1. The number of benzene rings is 1. The molecule has 2 unspecified atom stereocenters. The zero-order valence-corrected chi connectivity index (χ0v) is 9.33.